The molecule has 3 aliphatic carbocycles. The van der Waals surface area contributed by atoms with Crippen molar-refractivity contribution < 1.29 is 24.0 Å². The molecule has 42 heavy (non-hydrogen) atoms. The van der Waals surface area contributed by atoms with E-state index < -0.39 is 44.3 Å². The number of para-hydroxylation sites is 1. The van der Waals surface area contributed by atoms with Gasteiger partial charge < -0.3 is 4.74 Å². The monoisotopic (exact) mass is 598 g/mol. The van der Waals surface area contributed by atoms with Gasteiger partial charge in [-0.15, -0.1) is 23.2 Å². The Morgan fingerprint density at radius 1 is 0.786 bits per heavy atom. The molecule has 8 nitrogen and oxygen atoms in total. The lowest BCUT2D eigenvalue weighted by Gasteiger charge is -2.54. The molecule has 0 unspecified atom stereocenters. The number of hydrogen-bond acceptors (Lipinski definition) is 6. The fourth-order valence-corrected chi connectivity index (χ4v) is 7.83. The summed E-state index contributed by atoms with van der Waals surface area (Å²) in [5, 5.41) is 11.3. The molecule has 4 aromatic carbocycles. The number of carbonyl (C=O) groups is 3. The number of benzene rings is 4. The molecule has 2 amide bonds. The summed E-state index contributed by atoms with van der Waals surface area (Å²) < 4.78 is 5.36. The number of rotatable bonds is 5. The van der Waals surface area contributed by atoms with Crippen LogP contribution in [0.2, 0.25) is 0 Å². The van der Waals surface area contributed by atoms with Crippen LogP contribution in [0.3, 0.4) is 0 Å². The highest BCUT2D eigenvalue weighted by Gasteiger charge is 2.73. The molecule has 0 spiro atoms. The van der Waals surface area contributed by atoms with Crippen LogP contribution in [0, 0.1) is 22.0 Å². The number of ether oxygens (including phenoxy) is 1. The molecule has 1 saturated heterocycles. The third kappa shape index (κ3) is 3.39. The smallest absolute Gasteiger partial charge is 0.338 e. The summed E-state index contributed by atoms with van der Waals surface area (Å²) in [6, 6.07) is 26.6. The Labute approximate surface area is 249 Å². The van der Waals surface area contributed by atoms with Gasteiger partial charge >= 0.3 is 5.97 Å². The third-order valence-electron chi connectivity index (χ3n) is 8.47. The highest BCUT2D eigenvalue weighted by molar-refractivity contribution is 6.38. The van der Waals surface area contributed by atoms with Gasteiger partial charge in [-0.05, 0) is 46.5 Å². The Morgan fingerprint density at radius 2 is 1.29 bits per heavy atom. The van der Waals surface area contributed by atoms with Gasteiger partial charge in [-0.1, -0.05) is 66.7 Å². The minimum atomic E-state index is -1.32. The first-order valence-electron chi connectivity index (χ1n) is 13.1. The zero-order valence-electron chi connectivity index (χ0n) is 21.7. The molecule has 10 heteroatoms. The number of anilines is 1. The zero-order chi connectivity index (χ0) is 29.4. The van der Waals surface area contributed by atoms with Crippen molar-refractivity contribution >= 4 is 52.4 Å². The molecular formula is C32H20Cl2N2O6. The normalized spacial score (nSPS) is 25.0. The van der Waals surface area contributed by atoms with Gasteiger partial charge in [-0.2, -0.15) is 0 Å². The van der Waals surface area contributed by atoms with Crippen LogP contribution in [-0.4, -0.2) is 22.7 Å². The van der Waals surface area contributed by atoms with Crippen LogP contribution < -0.4 is 4.90 Å². The van der Waals surface area contributed by atoms with Gasteiger partial charge in [0.1, 0.15) is 16.4 Å². The van der Waals surface area contributed by atoms with Crippen molar-refractivity contribution in [1.82, 2.24) is 0 Å². The van der Waals surface area contributed by atoms with Crippen LogP contribution in [0.1, 0.15) is 38.2 Å². The molecule has 1 aliphatic heterocycles. The summed E-state index contributed by atoms with van der Waals surface area (Å²) in [7, 11) is 0. The molecule has 208 valence electrons. The van der Waals surface area contributed by atoms with Gasteiger partial charge in [-0.3, -0.25) is 19.7 Å². The largest absolute Gasteiger partial charge is 0.457 e. The van der Waals surface area contributed by atoms with Crippen molar-refractivity contribution in [2.24, 2.45) is 11.8 Å². The van der Waals surface area contributed by atoms with E-state index in [1.165, 1.54) is 36.4 Å². The number of halogens is 2. The first-order chi connectivity index (χ1) is 20.2. The van der Waals surface area contributed by atoms with E-state index in [-0.39, 0.29) is 29.1 Å². The average molecular weight is 599 g/mol. The number of hydrogen-bond donors (Lipinski definition) is 0. The Bertz CT molecular complexity index is 1730. The predicted octanol–water partition coefficient (Wildman–Crippen LogP) is 6.05. The van der Waals surface area contributed by atoms with E-state index in [9.17, 15) is 24.5 Å². The second-order valence-corrected chi connectivity index (χ2v) is 11.7. The molecule has 0 saturated carbocycles. The summed E-state index contributed by atoms with van der Waals surface area (Å²) in [4.78, 5) is 50.5. The minimum absolute atomic E-state index is 0.0669. The summed E-state index contributed by atoms with van der Waals surface area (Å²) >= 11 is 14.9. The van der Waals surface area contributed by atoms with Crippen LogP contribution in [0.5, 0.6) is 0 Å². The summed E-state index contributed by atoms with van der Waals surface area (Å²) in [6.45, 7) is -0.327. The van der Waals surface area contributed by atoms with Crippen molar-refractivity contribution in [3.8, 4) is 0 Å². The molecule has 8 rings (SSSR count). The lowest BCUT2D eigenvalue weighted by molar-refractivity contribution is -0.385. The van der Waals surface area contributed by atoms with Gasteiger partial charge in [0, 0.05) is 6.07 Å². The fourth-order valence-electron chi connectivity index (χ4n) is 6.73. The first-order valence-corrected chi connectivity index (χ1v) is 13.9. The van der Waals surface area contributed by atoms with Gasteiger partial charge in [-0.25, -0.2) is 9.69 Å². The average Bonchev–Trinajstić information content (AvgIpc) is 3.29. The Morgan fingerprint density at radius 3 is 1.81 bits per heavy atom. The predicted molar refractivity (Wildman–Crippen MR) is 154 cm³/mol. The highest BCUT2D eigenvalue weighted by Crippen LogP contribution is 2.69. The van der Waals surface area contributed by atoms with Crippen LogP contribution in [-0.2, 0) is 30.7 Å². The highest BCUT2D eigenvalue weighted by atomic mass is 35.5. The molecule has 1 heterocycles. The van der Waals surface area contributed by atoms with Crippen LogP contribution in [0.4, 0.5) is 11.4 Å². The fraction of sp³-hybridized carbons (Fsp3) is 0.156. The van der Waals surface area contributed by atoms with E-state index in [1.807, 2.05) is 48.5 Å². The maximum atomic E-state index is 14.2. The van der Waals surface area contributed by atoms with Crippen molar-refractivity contribution in [3.05, 3.63) is 141 Å². The lowest BCUT2D eigenvalue weighted by Crippen LogP contribution is -2.57. The zero-order valence-corrected chi connectivity index (χ0v) is 23.2. The summed E-state index contributed by atoms with van der Waals surface area (Å²) in [6.07, 6.45) is 0. The van der Waals surface area contributed by atoms with E-state index in [0.717, 1.165) is 4.90 Å². The number of nitrogens with zero attached hydrogens (tertiary/aromatic N) is 2. The quantitative estimate of drug-likeness (QED) is 0.0910. The van der Waals surface area contributed by atoms with Crippen molar-refractivity contribution in [3.63, 3.8) is 0 Å². The van der Waals surface area contributed by atoms with E-state index in [2.05, 4.69) is 0 Å². The number of carbonyl (C=O) groups excluding carboxylic acids is 3. The number of alkyl halides is 2. The Balaban J connectivity index is 1.25. The molecule has 1 fully saturated rings. The lowest BCUT2D eigenvalue weighted by atomic mass is 9.54. The number of amides is 2. The van der Waals surface area contributed by atoms with Gasteiger partial charge in [0.25, 0.3) is 5.69 Å². The van der Waals surface area contributed by atoms with Crippen LogP contribution in [0.15, 0.2) is 97.1 Å². The molecule has 2 atom stereocenters. The van der Waals surface area contributed by atoms with E-state index >= 15 is 0 Å². The topological polar surface area (TPSA) is 107 Å². The molecule has 2 bridgehead atoms. The second kappa shape index (κ2) is 9.24. The van der Waals surface area contributed by atoms with Gasteiger partial charge in [0.05, 0.1) is 33.6 Å². The Hall–Kier alpha value is -4.53. The SMILES string of the molecule is O=C(OCc1ccccc1[N+](=O)[O-])c1cccc(N2C(=O)[C@@H]3[C@@H](C2=O)C2(Cl)c4ccccc4C3(Cl)c3ccccc32)c1. The van der Waals surface area contributed by atoms with E-state index in [0.29, 0.717) is 22.3 Å². The summed E-state index contributed by atoms with van der Waals surface area (Å²) in [5.41, 5.74) is 3.07. The first kappa shape index (κ1) is 26.4. The van der Waals surface area contributed by atoms with Crippen molar-refractivity contribution in [1.29, 1.82) is 0 Å². The molecule has 4 aromatic rings. The number of nitro groups is 1. The standard InChI is InChI=1S/C32H20Cl2N2O6/c33-31-21-11-2-3-12-22(21)32(34,24-14-5-4-13-23(24)31)27-26(31)28(37)35(29(27)38)20-10-7-9-18(16-20)30(39)42-17-19-8-1-6-15-25(19)36(40)41/h1-16,26-27H,17H2/t26-,27-,31?,32?/m0/s1. The van der Waals surface area contributed by atoms with Crippen LogP contribution in [0.25, 0.3) is 0 Å². The van der Waals surface area contributed by atoms with Crippen LogP contribution >= 0.6 is 23.2 Å². The van der Waals surface area contributed by atoms with Gasteiger partial charge in [0.15, 0.2) is 0 Å². The Kier molecular flexibility index (Phi) is 5.80. The maximum absolute atomic E-state index is 14.2. The molecule has 0 radical (unpaired) electrons. The second-order valence-electron chi connectivity index (χ2n) is 10.5. The maximum Gasteiger partial charge on any atom is 0.338 e. The minimum Gasteiger partial charge on any atom is -0.457 e. The molecule has 4 aliphatic rings. The van der Waals surface area contributed by atoms with Gasteiger partial charge in [0.2, 0.25) is 11.8 Å². The molecular weight excluding hydrogens is 579 g/mol. The van der Waals surface area contributed by atoms with E-state index in [4.69, 9.17) is 27.9 Å². The molecule has 0 aromatic heterocycles. The van der Waals surface area contributed by atoms with Crippen molar-refractivity contribution in [2.75, 3.05) is 4.90 Å². The number of nitro benzene ring substituents is 1. The summed E-state index contributed by atoms with van der Waals surface area (Å²) in [5.74, 6) is -3.76. The number of esters is 1. The molecule has 0 N–H and O–H groups in total. The van der Waals surface area contributed by atoms with E-state index in [1.54, 1.807) is 12.1 Å². The number of imide groups is 1. The third-order valence-corrected chi connectivity index (χ3v) is 9.76. The van der Waals surface area contributed by atoms with Crippen molar-refractivity contribution in [2.45, 2.75) is 16.4 Å².